The van der Waals surface area contributed by atoms with Crippen LogP contribution in [0, 0.1) is 20.8 Å². The molecular weight excluding hydrogens is 310 g/mol. The summed E-state index contributed by atoms with van der Waals surface area (Å²) in [6.07, 6.45) is 0. The number of nitrogens with zero attached hydrogens (tertiary/aromatic N) is 1. The number of carboxylic acids is 1. The number of carbonyl (C=O) groups excluding carboxylic acids is 1. The van der Waals surface area contributed by atoms with Gasteiger partial charge in [0.1, 0.15) is 5.00 Å². The lowest BCUT2D eigenvalue weighted by atomic mass is 10.1. The van der Waals surface area contributed by atoms with Crippen LogP contribution in [-0.2, 0) is 6.54 Å². The predicted octanol–water partition coefficient (Wildman–Crippen LogP) is 3.15. The lowest BCUT2D eigenvalue weighted by molar-refractivity contribution is 0.0697. The van der Waals surface area contributed by atoms with Crippen LogP contribution < -0.4 is 10.6 Å². The van der Waals surface area contributed by atoms with Crippen LogP contribution in [0.4, 0.5) is 9.80 Å². The molecule has 0 aliphatic carbocycles. The van der Waals surface area contributed by atoms with Crippen LogP contribution in [-0.4, -0.2) is 22.1 Å². The first-order chi connectivity index (χ1) is 9.88. The van der Waals surface area contributed by atoms with E-state index in [9.17, 15) is 14.7 Å². The highest BCUT2D eigenvalue weighted by molar-refractivity contribution is 7.16. The van der Waals surface area contributed by atoms with Gasteiger partial charge in [0.2, 0.25) is 0 Å². The van der Waals surface area contributed by atoms with E-state index >= 15 is 0 Å². The van der Waals surface area contributed by atoms with Crippen LogP contribution in [0.15, 0.2) is 5.38 Å². The first-order valence-corrected chi connectivity index (χ1v) is 7.87. The topological polar surface area (TPSA) is 91.3 Å². The number of anilines is 1. The number of hydrogen-bond donors (Lipinski definition) is 3. The number of thiazole rings is 1. The Morgan fingerprint density at radius 3 is 2.62 bits per heavy atom. The molecule has 2 aromatic rings. The second-order valence-electron chi connectivity index (χ2n) is 4.46. The molecule has 21 heavy (non-hydrogen) atoms. The lowest BCUT2D eigenvalue weighted by Gasteiger charge is -2.06. The van der Waals surface area contributed by atoms with E-state index in [2.05, 4.69) is 15.6 Å². The number of nitrogens with one attached hydrogen (secondary N) is 2. The van der Waals surface area contributed by atoms with Crippen molar-refractivity contribution >= 4 is 39.7 Å². The number of aromatic nitrogens is 1. The van der Waals surface area contributed by atoms with E-state index in [0.717, 1.165) is 15.6 Å². The minimum Gasteiger partial charge on any atom is -0.478 e. The van der Waals surface area contributed by atoms with Gasteiger partial charge in [-0.3, -0.25) is 5.32 Å². The van der Waals surface area contributed by atoms with Crippen molar-refractivity contribution in [3.63, 3.8) is 0 Å². The highest BCUT2D eigenvalue weighted by Crippen LogP contribution is 2.32. The Bertz CT molecular complexity index is 691. The molecule has 2 amide bonds. The second-order valence-corrected chi connectivity index (χ2v) is 6.75. The van der Waals surface area contributed by atoms with Gasteiger partial charge < -0.3 is 10.4 Å². The van der Waals surface area contributed by atoms with Crippen molar-refractivity contribution in [1.29, 1.82) is 0 Å². The molecule has 6 nitrogen and oxygen atoms in total. The summed E-state index contributed by atoms with van der Waals surface area (Å²) >= 11 is 2.77. The van der Waals surface area contributed by atoms with Crippen LogP contribution in [0.25, 0.3) is 0 Å². The van der Waals surface area contributed by atoms with Crippen molar-refractivity contribution in [2.24, 2.45) is 0 Å². The molecule has 0 unspecified atom stereocenters. The standard InChI is InChI=1S/C13H15N3O3S2/c1-6-7(2)21-11(10(6)12(17)18)16-13(19)14-4-9-5-20-8(3)15-9/h5H,4H2,1-3H3,(H,17,18)(H2,14,16,19). The monoisotopic (exact) mass is 325 g/mol. The van der Waals surface area contributed by atoms with Crippen molar-refractivity contribution in [1.82, 2.24) is 10.3 Å². The van der Waals surface area contributed by atoms with Crippen LogP contribution in [0.5, 0.6) is 0 Å². The second kappa shape index (κ2) is 6.23. The predicted molar refractivity (Wildman–Crippen MR) is 83.5 cm³/mol. The van der Waals surface area contributed by atoms with Gasteiger partial charge >= 0.3 is 12.0 Å². The van der Waals surface area contributed by atoms with Gasteiger partial charge in [0.15, 0.2) is 0 Å². The van der Waals surface area contributed by atoms with Gasteiger partial charge in [0.05, 0.1) is 22.8 Å². The molecule has 2 rings (SSSR count). The molecule has 0 atom stereocenters. The van der Waals surface area contributed by atoms with Crippen molar-refractivity contribution < 1.29 is 14.7 Å². The Balaban J connectivity index is 2.03. The normalized spacial score (nSPS) is 10.4. The van der Waals surface area contributed by atoms with Gasteiger partial charge in [-0.25, -0.2) is 14.6 Å². The van der Waals surface area contributed by atoms with E-state index in [1.807, 2.05) is 19.2 Å². The van der Waals surface area contributed by atoms with E-state index in [0.29, 0.717) is 17.1 Å². The van der Waals surface area contributed by atoms with Gasteiger partial charge in [-0.15, -0.1) is 22.7 Å². The number of hydrogen-bond acceptors (Lipinski definition) is 5. The Kier molecular flexibility index (Phi) is 4.59. The van der Waals surface area contributed by atoms with E-state index in [1.54, 1.807) is 6.92 Å². The van der Waals surface area contributed by atoms with E-state index in [4.69, 9.17) is 0 Å². The van der Waals surface area contributed by atoms with Crippen molar-refractivity contribution in [2.45, 2.75) is 27.3 Å². The van der Waals surface area contributed by atoms with E-state index < -0.39 is 12.0 Å². The molecule has 0 radical (unpaired) electrons. The maximum Gasteiger partial charge on any atom is 0.338 e. The first-order valence-electron chi connectivity index (χ1n) is 6.17. The number of urea groups is 1. The molecule has 112 valence electrons. The Morgan fingerprint density at radius 2 is 2.05 bits per heavy atom. The average molecular weight is 325 g/mol. The summed E-state index contributed by atoms with van der Waals surface area (Å²) in [7, 11) is 0. The third kappa shape index (κ3) is 3.59. The summed E-state index contributed by atoms with van der Waals surface area (Å²) < 4.78 is 0. The lowest BCUT2D eigenvalue weighted by Crippen LogP contribution is -2.28. The molecule has 0 aromatic carbocycles. The number of aryl methyl sites for hydroxylation is 2. The molecule has 2 aromatic heterocycles. The molecule has 3 N–H and O–H groups in total. The number of thiophene rings is 1. The fourth-order valence-corrected chi connectivity index (χ4v) is 3.44. The van der Waals surface area contributed by atoms with E-state index in [-0.39, 0.29) is 5.56 Å². The first kappa shape index (κ1) is 15.5. The molecule has 0 saturated carbocycles. The molecule has 0 bridgehead atoms. The van der Waals surface area contributed by atoms with Gasteiger partial charge in [0, 0.05) is 10.3 Å². The molecule has 0 aliphatic heterocycles. The SMILES string of the molecule is Cc1nc(CNC(=O)Nc2sc(C)c(C)c2C(=O)O)cs1. The van der Waals surface area contributed by atoms with Crippen molar-refractivity contribution in [2.75, 3.05) is 5.32 Å². The largest absolute Gasteiger partial charge is 0.478 e. The summed E-state index contributed by atoms with van der Waals surface area (Å²) in [6.45, 7) is 5.76. The van der Waals surface area contributed by atoms with Crippen LogP contribution >= 0.6 is 22.7 Å². The molecule has 2 heterocycles. The number of amides is 2. The number of aromatic carboxylic acids is 1. The number of carboxylic acid groups (broad SMARTS) is 1. The van der Waals surface area contributed by atoms with Gasteiger partial charge in [-0.05, 0) is 26.3 Å². The molecule has 0 aliphatic rings. The minimum absolute atomic E-state index is 0.150. The average Bonchev–Trinajstić information content (AvgIpc) is 2.92. The molecule has 0 fully saturated rings. The minimum atomic E-state index is -1.04. The highest BCUT2D eigenvalue weighted by Gasteiger charge is 2.20. The molecule has 8 heteroatoms. The summed E-state index contributed by atoms with van der Waals surface area (Å²) in [5.41, 5.74) is 1.61. The molecule has 0 spiro atoms. The van der Waals surface area contributed by atoms with Crippen LogP contribution in [0.1, 0.15) is 31.5 Å². The zero-order valence-corrected chi connectivity index (χ0v) is 13.4. The number of carbonyl (C=O) groups is 2. The quantitative estimate of drug-likeness (QED) is 0.805. The van der Waals surface area contributed by atoms with Crippen molar-refractivity contribution in [3.8, 4) is 0 Å². The zero-order chi connectivity index (χ0) is 15.6. The summed E-state index contributed by atoms with van der Waals surface area (Å²) in [6, 6.07) is -0.440. The van der Waals surface area contributed by atoms with E-state index in [1.165, 1.54) is 22.7 Å². The summed E-state index contributed by atoms with van der Waals surface area (Å²) in [5, 5.41) is 17.6. The third-order valence-electron chi connectivity index (χ3n) is 2.92. The summed E-state index contributed by atoms with van der Waals surface area (Å²) in [5.74, 6) is -1.04. The smallest absolute Gasteiger partial charge is 0.338 e. The van der Waals surface area contributed by atoms with Gasteiger partial charge in [0.25, 0.3) is 0 Å². The Labute approximate surface area is 129 Å². The fourth-order valence-electron chi connectivity index (χ4n) is 1.78. The van der Waals surface area contributed by atoms with Crippen LogP contribution in [0.3, 0.4) is 0 Å². The fraction of sp³-hybridized carbons (Fsp3) is 0.308. The van der Waals surface area contributed by atoms with Gasteiger partial charge in [-0.1, -0.05) is 0 Å². The molecular formula is C13H15N3O3S2. The Hall–Kier alpha value is -1.93. The van der Waals surface area contributed by atoms with Crippen LogP contribution in [0.2, 0.25) is 0 Å². The van der Waals surface area contributed by atoms with Crippen molar-refractivity contribution in [3.05, 3.63) is 32.1 Å². The van der Waals surface area contributed by atoms with Gasteiger partial charge in [-0.2, -0.15) is 0 Å². The highest BCUT2D eigenvalue weighted by atomic mass is 32.1. The maximum atomic E-state index is 11.9. The molecule has 0 saturated heterocycles. The summed E-state index contributed by atoms with van der Waals surface area (Å²) in [4.78, 5) is 28.2. The number of rotatable bonds is 4. The zero-order valence-electron chi connectivity index (χ0n) is 11.8. The third-order valence-corrected chi connectivity index (χ3v) is 4.87. The Morgan fingerprint density at radius 1 is 1.33 bits per heavy atom. The maximum absolute atomic E-state index is 11.9.